The lowest BCUT2D eigenvalue weighted by Crippen LogP contribution is -2.26. The van der Waals surface area contributed by atoms with E-state index in [4.69, 9.17) is 17.3 Å². The van der Waals surface area contributed by atoms with Crippen LogP contribution in [0.3, 0.4) is 0 Å². The minimum absolute atomic E-state index is 0.00746. The van der Waals surface area contributed by atoms with Gasteiger partial charge in [0.15, 0.2) is 5.78 Å². The van der Waals surface area contributed by atoms with E-state index < -0.39 is 0 Å². The third kappa shape index (κ3) is 2.40. The molecular weight excluding hydrogens is 252 g/mol. The molecule has 0 aromatic heterocycles. The molecule has 1 aromatic rings. The number of carbonyl (C=O) groups is 2. The number of halogens is 1. The Balaban J connectivity index is 2.35. The van der Waals surface area contributed by atoms with E-state index in [0.29, 0.717) is 35.8 Å². The maximum atomic E-state index is 11.9. The molecule has 1 atom stereocenters. The summed E-state index contributed by atoms with van der Waals surface area (Å²) in [5, 5.41) is 0.478. The second kappa shape index (κ2) is 5.08. The van der Waals surface area contributed by atoms with E-state index in [1.807, 2.05) is 0 Å². The Morgan fingerprint density at radius 3 is 2.83 bits per heavy atom. The standard InChI is InChI=1S/C13H15ClN2O2/c1-8(17)10-2-3-11(14)12(5-10)16-7-9(6-15)4-13(16)18/h2-3,5,9H,4,6-7,15H2,1H3. The van der Waals surface area contributed by atoms with Gasteiger partial charge in [-0.25, -0.2) is 0 Å². The fourth-order valence-electron chi connectivity index (χ4n) is 2.11. The number of nitrogens with zero attached hydrogens (tertiary/aromatic N) is 1. The molecule has 0 saturated carbocycles. The van der Waals surface area contributed by atoms with Gasteiger partial charge in [0, 0.05) is 18.5 Å². The number of ketones is 1. The first-order valence-electron chi connectivity index (χ1n) is 5.84. The number of rotatable bonds is 3. The molecule has 1 saturated heterocycles. The van der Waals surface area contributed by atoms with Crippen molar-refractivity contribution in [3.05, 3.63) is 28.8 Å². The summed E-state index contributed by atoms with van der Waals surface area (Å²) >= 11 is 6.10. The number of anilines is 1. The Kier molecular flexibility index (Phi) is 3.68. The van der Waals surface area contributed by atoms with Gasteiger partial charge >= 0.3 is 0 Å². The lowest BCUT2D eigenvalue weighted by atomic mass is 10.1. The molecule has 1 aromatic carbocycles. The Morgan fingerprint density at radius 2 is 2.28 bits per heavy atom. The summed E-state index contributed by atoms with van der Waals surface area (Å²) < 4.78 is 0. The van der Waals surface area contributed by atoms with Crippen LogP contribution in [-0.2, 0) is 4.79 Å². The lowest BCUT2D eigenvalue weighted by Gasteiger charge is -2.18. The van der Waals surface area contributed by atoms with Gasteiger partial charge in [0.25, 0.3) is 0 Å². The van der Waals surface area contributed by atoms with E-state index in [9.17, 15) is 9.59 Å². The van der Waals surface area contributed by atoms with Crippen molar-refractivity contribution in [3.63, 3.8) is 0 Å². The van der Waals surface area contributed by atoms with Gasteiger partial charge in [0.05, 0.1) is 10.7 Å². The van der Waals surface area contributed by atoms with Crippen LogP contribution in [0.15, 0.2) is 18.2 Å². The summed E-state index contributed by atoms with van der Waals surface area (Å²) in [5.74, 6) is 0.123. The SMILES string of the molecule is CC(=O)c1ccc(Cl)c(N2CC(CN)CC2=O)c1. The molecule has 0 bridgehead atoms. The average molecular weight is 267 g/mol. The van der Waals surface area contributed by atoms with Crippen molar-refractivity contribution in [1.82, 2.24) is 0 Å². The first kappa shape index (κ1) is 13.1. The van der Waals surface area contributed by atoms with Crippen LogP contribution in [0.1, 0.15) is 23.7 Å². The minimum Gasteiger partial charge on any atom is -0.330 e. The molecule has 1 aliphatic heterocycles. The van der Waals surface area contributed by atoms with Gasteiger partial charge in [-0.1, -0.05) is 11.6 Å². The van der Waals surface area contributed by atoms with E-state index >= 15 is 0 Å². The van der Waals surface area contributed by atoms with Crippen molar-refractivity contribution in [2.45, 2.75) is 13.3 Å². The molecule has 4 nitrogen and oxygen atoms in total. The molecule has 2 rings (SSSR count). The molecule has 1 fully saturated rings. The van der Waals surface area contributed by atoms with Gasteiger partial charge in [-0.15, -0.1) is 0 Å². The van der Waals surface area contributed by atoms with Crippen molar-refractivity contribution < 1.29 is 9.59 Å². The van der Waals surface area contributed by atoms with Crippen LogP contribution in [0.4, 0.5) is 5.69 Å². The monoisotopic (exact) mass is 266 g/mol. The second-order valence-corrected chi connectivity index (χ2v) is 4.94. The maximum absolute atomic E-state index is 11.9. The molecule has 5 heteroatoms. The zero-order chi connectivity index (χ0) is 13.3. The van der Waals surface area contributed by atoms with E-state index in [2.05, 4.69) is 0 Å². The number of amides is 1. The van der Waals surface area contributed by atoms with Gasteiger partial charge in [-0.2, -0.15) is 0 Å². The fourth-order valence-corrected chi connectivity index (χ4v) is 2.33. The summed E-state index contributed by atoms with van der Waals surface area (Å²) in [6.45, 7) is 2.53. The number of benzene rings is 1. The van der Waals surface area contributed by atoms with Crippen molar-refractivity contribution in [3.8, 4) is 0 Å². The molecule has 1 aliphatic rings. The van der Waals surface area contributed by atoms with Crippen LogP contribution >= 0.6 is 11.6 Å². The third-order valence-corrected chi connectivity index (χ3v) is 3.50. The van der Waals surface area contributed by atoms with Crippen molar-refractivity contribution in [1.29, 1.82) is 0 Å². The summed E-state index contributed by atoms with van der Waals surface area (Å²) in [6.07, 6.45) is 0.442. The van der Waals surface area contributed by atoms with Gasteiger partial charge in [0.1, 0.15) is 0 Å². The maximum Gasteiger partial charge on any atom is 0.227 e. The quantitative estimate of drug-likeness (QED) is 0.850. The smallest absolute Gasteiger partial charge is 0.227 e. The summed E-state index contributed by atoms with van der Waals surface area (Å²) in [6, 6.07) is 4.98. The molecule has 0 spiro atoms. The number of hydrogen-bond donors (Lipinski definition) is 1. The summed E-state index contributed by atoms with van der Waals surface area (Å²) in [7, 11) is 0. The highest BCUT2D eigenvalue weighted by atomic mass is 35.5. The number of hydrogen-bond acceptors (Lipinski definition) is 3. The van der Waals surface area contributed by atoms with Crippen LogP contribution in [0.5, 0.6) is 0 Å². The molecular formula is C13H15ClN2O2. The van der Waals surface area contributed by atoms with Gasteiger partial charge in [-0.3, -0.25) is 9.59 Å². The Labute approximate surface area is 111 Å². The Morgan fingerprint density at radius 1 is 1.56 bits per heavy atom. The first-order chi connectivity index (χ1) is 8.52. The number of nitrogens with two attached hydrogens (primary N) is 1. The van der Waals surface area contributed by atoms with Gasteiger partial charge < -0.3 is 10.6 Å². The van der Waals surface area contributed by atoms with Crippen molar-refractivity contribution >= 4 is 29.0 Å². The summed E-state index contributed by atoms with van der Waals surface area (Å²) in [5.41, 5.74) is 6.74. The van der Waals surface area contributed by atoms with Crippen LogP contribution in [-0.4, -0.2) is 24.8 Å². The fraction of sp³-hybridized carbons (Fsp3) is 0.385. The Bertz CT molecular complexity index is 502. The molecule has 1 heterocycles. The molecule has 0 radical (unpaired) electrons. The summed E-state index contributed by atoms with van der Waals surface area (Å²) in [4.78, 5) is 24.9. The van der Waals surface area contributed by atoms with E-state index in [1.54, 1.807) is 23.1 Å². The first-order valence-corrected chi connectivity index (χ1v) is 6.21. The number of Topliss-reactive ketones (excluding diaryl/α,β-unsaturated/α-hetero) is 1. The second-order valence-electron chi connectivity index (χ2n) is 4.53. The lowest BCUT2D eigenvalue weighted by molar-refractivity contribution is -0.117. The van der Waals surface area contributed by atoms with E-state index in [0.717, 1.165) is 0 Å². The molecule has 2 N–H and O–H groups in total. The van der Waals surface area contributed by atoms with Crippen LogP contribution in [0.2, 0.25) is 5.02 Å². The topological polar surface area (TPSA) is 63.4 Å². The highest BCUT2D eigenvalue weighted by Crippen LogP contribution is 2.32. The molecule has 96 valence electrons. The third-order valence-electron chi connectivity index (χ3n) is 3.18. The van der Waals surface area contributed by atoms with Crippen molar-refractivity contribution in [2.24, 2.45) is 11.7 Å². The number of carbonyl (C=O) groups excluding carboxylic acids is 2. The van der Waals surface area contributed by atoms with Crippen molar-refractivity contribution in [2.75, 3.05) is 18.0 Å². The predicted octanol–water partition coefficient (Wildman–Crippen LogP) is 1.85. The Hall–Kier alpha value is -1.39. The predicted molar refractivity (Wildman–Crippen MR) is 71.0 cm³/mol. The highest BCUT2D eigenvalue weighted by Gasteiger charge is 2.30. The molecule has 1 amide bonds. The normalized spacial score (nSPS) is 19.4. The van der Waals surface area contributed by atoms with Crippen LogP contribution in [0, 0.1) is 5.92 Å². The molecule has 18 heavy (non-hydrogen) atoms. The minimum atomic E-state index is -0.0464. The van der Waals surface area contributed by atoms with Crippen LogP contribution < -0.4 is 10.6 Å². The van der Waals surface area contributed by atoms with Gasteiger partial charge in [0.2, 0.25) is 5.91 Å². The van der Waals surface area contributed by atoms with E-state index in [1.165, 1.54) is 6.92 Å². The van der Waals surface area contributed by atoms with Crippen LogP contribution in [0.25, 0.3) is 0 Å². The largest absolute Gasteiger partial charge is 0.330 e. The van der Waals surface area contributed by atoms with E-state index in [-0.39, 0.29) is 17.6 Å². The molecule has 0 aliphatic carbocycles. The molecule has 1 unspecified atom stereocenters. The zero-order valence-electron chi connectivity index (χ0n) is 10.1. The van der Waals surface area contributed by atoms with Gasteiger partial charge in [-0.05, 0) is 37.6 Å². The zero-order valence-corrected chi connectivity index (χ0v) is 10.9. The highest BCUT2D eigenvalue weighted by molar-refractivity contribution is 6.34. The average Bonchev–Trinajstić information content (AvgIpc) is 2.71.